The lowest BCUT2D eigenvalue weighted by Crippen LogP contribution is -2.23. The van der Waals surface area contributed by atoms with Gasteiger partial charge in [-0.25, -0.2) is 0 Å². The minimum Gasteiger partial charge on any atom is -0.452 e. The standard InChI is InChI=1S/C18H16N2O4/c1-9(2)17-16(22)10-4-5-13-15(18(10)24-17)11(8-14(21)23-13)12-6-7-19-20(12)3/h4-7,11H,8H2,1-3H3/t11-/m0/s1. The van der Waals surface area contributed by atoms with Crippen LogP contribution in [0.25, 0.3) is 0 Å². The van der Waals surface area contributed by atoms with Crippen molar-refractivity contribution in [2.75, 3.05) is 0 Å². The Hall–Kier alpha value is -2.89. The molecule has 2 aliphatic heterocycles. The normalized spacial score (nSPS) is 18.8. The van der Waals surface area contributed by atoms with Gasteiger partial charge in [0.25, 0.3) is 0 Å². The SMILES string of the molecule is CC(C)=C1Oc2c(ccc3c2[C@H](c2ccnn2C)CC(=O)O3)C1=O. The van der Waals surface area contributed by atoms with E-state index < -0.39 is 0 Å². The van der Waals surface area contributed by atoms with Crippen LogP contribution in [-0.2, 0) is 11.8 Å². The van der Waals surface area contributed by atoms with Crippen molar-refractivity contribution in [1.29, 1.82) is 0 Å². The first-order valence-corrected chi connectivity index (χ1v) is 7.73. The van der Waals surface area contributed by atoms with Crippen LogP contribution in [0.5, 0.6) is 11.5 Å². The third-order valence-corrected chi connectivity index (χ3v) is 4.42. The van der Waals surface area contributed by atoms with Gasteiger partial charge in [0.15, 0.2) is 5.76 Å². The van der Waals surface area contributed by atoms with E-state index in [1.807, 2.05) is 27.0 Å². The van der Waals surface area contributed by atoms with Crippen LogP contribution in [0.15, 0.2) is 35.7 Å². The first kappa shape index (κ1) is 14.7. The van der Waals surface area contributed by atoms with E-state index in [1.165, 1.54) is 0 Å². The number of Topliss-reactive ketones (excluding diaryl/α,β-unsaturated/α-hetero) is 1. The minimum absolute atomic E-state index is 0.131. The zero-order chi connectivity index (χ0) is 17.0. The van der Waals surface area contributed by atoms with Gasteiger partial charge in [0.2, 0.25) is 5.78 Å². The molecule has 0 unspecified atom stereocenters. The van der Waals surface area contributed by atoms with Gasteiger partial charge in [-0.2, -0.15) is 5.10 Å². The Bertz CT molecular complexity index is 919. The fraction of sp³-hybridized carbons (Fsp3) is 0.278. The number of hydrogen-bond donors (Lipinski definition) is 0. The fourth-order valence-electron chi connectivity index (χ4n) is 3.30. The molecule has 122 valence electrons. The van der Waals surface area contributed by atoms with Gasteiger partial charge in [-0.1, -0.05) is 0 Å². The van der Waals surface area contributed by atoms with Gasteiger partial charge in [-0.3, -0.25) is 14.3 Å². The lowest BCUT2D eigenvalue weighted by Gasteiger charge is -2.26. The number of ketones is 1. The van der Waals surface area contributed by atoms with E-state index in [9.17, 15) is 9.59 Å². The maximum atomic E-state index is 12.5. The van der Waals surface area contributed by atoms with Crippen LogP contribution in [0.4, 0.5) is 0 Å². The molecule has 0 bridgehead atoms. The van der Waals surface area contributed by atoms with Crippen molar-refractivity contribution in [2.24, 2.45) is 7.05 Å². The molecule has 0 saturated carbocycles. The molecule has 6 nitrogen and oxygen atoms in total. The van der Waals surface area contributed by atoms with Crippen LogP contribution in [0.2, 0.25) is 0 Å². The second kappa shape index (κ2) is 5.06. The number of carbonyl (C=O) groups excluding carboxylic acids is 2. The molecule has 4 rings (SSSR count). The summed E-state index contributed by atoms with van der Waals surface area (Å²) >= 11 is 0. The second-order valence-corrected chi connectivity index (χ2v) is 6.22. The minimum atomic E-state index is -0.305. The monoisotopic (exact) mass is 324 g/mol. The third kappa shape index (κ3) is 1.99. The van der Waals surface area contributed by atoms with Crippen molar-refractivity contribution in [3.63, 3.8) is 0 Å². The molecule has 0 saturated heterocycles. The van der Waals surface area contributed by atoms with Gasteiger partial charge in [0.1, 0.15) is 11.5 Å². The number of fused-ring (bicyclic) bond motifs is 3. The summed E-state index contributed by atoms with van der Waals surface area (Å²) in [7, 11) is 1.83. The summed E-state index contributed by atoms with van der Waals surface area (Å²) in [6.07, 6.45) is 1.87. The number of carbonyl (C=O) groups is 2. The molecular weight excluding hydrogens is 308 g/mol. The number of nitrogens with zero attached hydrogens (tertiary/aromatic N) is 2. The zero-order valence-electron chi connectivity index (χ0n) is 13.6. The number of ether oxygens (including phenoxy) is 2. The van der Waals surface area contributed by atoms with Crippen molar-refractivity contribution in [3.05, 3.63) is 52.5 Å². The molecule has 24 heavy (non-hydrogen) atoms. The summed E-state index contributed by atoms with van der Waals surface area (Å²) in [5, 5.41) is 4.19. The van der Waals surface area contributed by atoms with Gasteiger partial charge in [0, 0.05) is 30.4 Å². The van der Waals surface area contributed by atoms with Crippen molar-refractivity contribution in [3.8, 4) is 11.5 Å². The summed E-state index contributed by atoms with van der Waals surface area (Å²) in [6, 6.07) is 5.19. The fourth-order valence-corrected chi connectivity index (χ4v) is 3.30. The van der Waals surface area contributed by atoms with E-state index >= 15 is 0 Å². The molecular formula is C18H16N2O4. The van der Waals surface area contributed by atoms with Crippen LogP contribution in [0.3, 0.4) is 0 Å². The predicted octanol–water partition coefficient (Wildman–Crippen LogP) is 2.73. The van der Waals surface area contributed by atoms with Crippen LogP contribution < -0.4 is 9.47 Å². The highest BCUT2D eigenvalue weighted by Crippen LogP contribution is 2.48. The molecule has 0 fully saturated rings. The van der Waals surface area contributed by atoms with Gasteiger partial charge in [-0.15, -0.1) is 0 Å². The van der Waals surface area contributed by atoms with Crippen molar-refractivity contribution in [2.45, 2.75) is 26.2 Å². The Morgan fingerprint density at radius 3 is 2.67 bits per heavy atom. The van der Waals surface area contributed by atoms with Crippen LogP contribution >= 0.6 is 0 Å². The molecule has 0 radical (unpaired) electrons. The Balaban J connectivity index is 1.95. The van der Waals surface area contributed by atoms with Crippen molar-refractivity contribution >= 4 is 11.8 Å². The molecule has 2 aliphatic rings. The van der Waals surface area contributed by atoms with Gasteiger partial charge in [-0.05, 0) is 37.6 Å². The summed E-state index contributed by atoms with van der Waals surface area (Å²) in [6.45, 7) is 3.67. The van der Waals surface area contributed by atoms with Gasteiger partial charge < -0.3 is 9.47 Å². The number of esters is 1. The number of allylic oxidation sites excluding steroid dienone is 2. The van der Waals surface area contributed by atoms with Crippen LogP contribution in [-0.4, -0.2) is 21.5 Å². The van der Waals surface area contributed by atoms with E-state index in [2.05, 4.69) is 5.10 Å². The first-order valence-electron chi connectivity index (χ1n) is 7.73. The summed E-state index contributed by atoms with van der Waals surface area (Å²) < 4.78 is 13.0. The number of aryl methyl sites for hydroxylation is 1. The Morgan fingerprint density at radius 2 is 2.00 bits per heavy atom. The lowest BCUT2D eigenvalue weighted by atomic mass is 9.87. The van der Waals surface area contributed by atoms with Crippen LogP contribution in [0, 0.1) is 0 Å². The number of benzene rings is 1. The molecule has 0 N–H and O–H groups in total. The molecule has 6 heteroatoms. The maximum absolute atomic E-state index is 12.5. The summed E-state index contributed by atoms with van der Waals surface area (Å²) in [5.41, 5.74) is 2.94. The lowest BCUT2D eigenvalue weighted by molar-refractivity contribution is -0.135. The van der Waals surface area contributed by atoms with Gasteiger partial charge in [0.05, 0.1) is 12.0 Å². The third-order valence-electron chi connectivity index (χ3n) is 4.42. The average Bonchev–Trinajstić information content (AvgIpc) is 3.10. The highest BCUT2D eigenvalue weighted by molar-refractivity contribution is 6.13. The molecule has 2 aromatic rings. The smallest absolute Gasteiger partial charge is 0.312 e. The zero-order valence-corrected chi connectivity index (χ0v) is 13.6. The largest absolute Gasteiger partial charge is 0.452 e. The topological polar surface area (TPSA) is 70.4 Å². The number of rotatable bonds is 1. The van der Waals surface area contributed by atoms with E-state index in [0.717, 1.165) is 16.8 Å². The maximum Gasteiger partial charge on any atom is 0.312 e. The summed E-state index contributed by atoms with van der Waals surface area (Å²) in [5.74, 6) is 0.590. The van der Waals surface area contributed by atoms with E-state index in [0.29, 0.717) is 22.8 Å². The van der Waals surface area contributed by atoms with Crippen molar-refractivity contribution < 1.29 is 19.1 Å². The molecule has 1 aromatic carbocycles. The second-order valence-electron chi connectivity index (χ2n) is 6.22. The van der Waals surface area contributed by atoms with Crippen molar-refractivity contribution in [1.82, 2.24) is 9.78 Å². The average molecular weight is 324 g/mol. The first-order chi connectivity index (χ1) is 11.5. The Morgan fingerprint density at radius 1 is 1.21 bits per heavy atom. The molecule has 0 spiro atoms. The molecule has 0 amide bonds. The molecule has 0 aliphatic carbocycles. The number of hydrogen-bond acceptors (Lipinski definition) is 5. The quantitative estimate of drug-likeness (QED) is 0.458. The Labute approximate surface area is 138 Å². The van der Waals surface area contributed by atoms with Gasteiger partial charge >= 0.3 is 5.97 Å². The molecule has 3 heterocycles. The highest BCUT2D eigenvalue weighted by atomic mass is 16.5. The predicted molar refractivity (Wildman–Crippen MR) is 85.1 cm³/mol. The molecule has 1 atom stereocenters. The number of aromatic nitrogens is 2. The Kier molecular flexibility index (Phi) is 3.09. The van der Waals surface area contributed by atoms with Crippen LogP contribution in [0.1, 0.15) is 47.8 Å². The van der Waals surface area contributed by atoms with E-state index in [1.54, 1.807) is 23.0 Å². The highest BCUT2D eigenvalue weighted by Gasteiger charge is 2.39. The molecule has 1 aromatic heterocycles. The van der Waals surface area contributed by atoms with E-state index in [-0.39, 0.29) is 24.1 Å². The van der Waals surface area contributed by atoms with E-state index in [4.69, 9.17) is 9.47 Å². The summed E-state index contributed by atoms with van der Waals surface area (Å²) in [4.78, 5) is 24.6.